The van der Waals surface area contributed by atoms with Gasteiger partial charge in [-0.3, -0.25) is 4.79 Å². The van der Waals surface area contributed by atoms with Crippen molar-refractivity contribution in [2.45, 2.75) is 31.3 Å². The maximum atomic E-state index is 13.1. The molecule has 120 valence electrons. The first-order chi connectivity index (χ1) is 11.2. The fraction of sp³-hybridized carbons (Fsp3) is 0.389. The number of carbonyl (C=O) groups is 1. The second kappa shape index (κ2) is 5.81. The largest absolute Gasteiger partial charge is 0.366 e. The minimum Gasteiger partial charge on any atom is -0.366 e. The van der Waals surface area contributed by atoms with Gasteiger partial charge in [-0.05, 0) is 43.5 Å². The smallest absolute Gasteiger partial charge is 0.256 e. The molecule has 5 heteroatoms. The number of aromatic amines is 1. The Labute approximate surface area is 134 Å². The third kappa shape index (κ3) is 2.55. The van der Waals surface area contributed by atoms with Crippen molar-refractivity contribution >= 4 is 5.91 Å². The molecule has 2 aliphatic rings. The summed E-state index contributed by atoms with van der Waals surface area (Å²) < 4.78 is 13.1. The molecule has 2 fully saturated rings. The highest BCUT2D eigenvalue weighted by Gasteiger charge is 2.39. The van der Waals surface area contributed by atoms with Gasteiger partial charge in [0, 0.05) is 36.6 Å². The van der Waals surface area contributed by atoms with E-state index in [4.69, 9.17) is 0 Å². The fourth-order valence-corrected chi connectivity index (χ4v) is 3.86. The zero-order valence-electron chi connectivity index (χ0n) is 12.9. The molecule has 4 rings (SSSR count). The van der Waals surface area contributed by atoms with Gasteiger partial charge < -0.3 is 15.2 Å². The van der Waals surface area contributed by atoms with Crippen LogP contribution in [0.2, 0.25) is 0 Å². The van der Waals surface area contributed by atoms with Crippen molar-refractivity contribution in [1.29, 1.82) is 0 Å². The highest BCUT2D eigenvalue weighted by molar-refractivity contribution is 6.01. The summed E-state index contributed by atoms with van der Waals surface area (Å²) in [6.07, 6.45) is 6.75. The van der Waals surface area contributed by atoms with Gasteiger partial charge in [-0.15, -0.1) is 0 Å². The standard InChI is InChI=1S/C18H20FN3O/c19-13-3-1-12(2-4-13)16-10-21-11-17(16)18(23)22-14-5-6-15(22)9-20-8-7-14/h1-4,10-11,14-15,20-21H,5-9H2. The van der Waals surface area contributed by atoms with Gasteiger partial charge in [-0.2, -0.15) is 0 Å². The van der Waals surface area contributed by atoms with Crippen LogP contribution in [0.4, 0.5) is 4.39 Å². The molecule has 1 amide bonds. The topological polar surface area (TPSA) is 48.1 Å². The van der Waals surface area contributed by atoms with E-state index in [9.17, 15) is 9.18 Å². The summed E-state index contributed by atoms with van der Waals surface area (Å²) in [5.74, 6) is -0.185. The van der Waals surface area contributed by atoms with Crippen LogP contribution in [0.5, 0.6) is 0 Å². The van der Waals surface area contributed by atoms with E-state index in [2.05, 4.69) is 15.2 Å². The summed E-state index contributed by atoms with van der Waals surface area (Å²) in [6, 6.07) is 6.90. The second-order valence-corrected chi connectivity index (χ2v) is 6.38. The van der Waals surface area contributed by atoms with Crippen LogP contribution in [-0.4, -0.2) is 41.0 Å². The number of nitrogens with one attached hydrogen (secondary N) is 2. The van der Waals surface area contributed by atoms with Crippen LogP contribution in [0.3, 0.4) is 0 Å². The Bertz CT molecular complexity index is 695. The molecule has 2 N–H and O–H groups in total. The first-order valence-corrected chi connectivity index (χ1v) is 8.20. The second-order valence-electron chi connectivity index (χ2n) is 6.38. The molecule has 1 aromatic heterocycles. The molecule has 2 unspecified atom stereocenters. The third-order valence-electron chi connectivity index (χ3n) is 5.02. The van der Waals surface area contributed by atoms with Gasteiger partial charge in [0.2, 0.25) is 0 Å². The Kier molecular flexibility index (Phi) is 3.65. The lowest BCUT2D eigenvalue weighted by atomic mass is 10.0. The van der Waals surface area contributed by atoms with Gasteiger partial charge >= 0.3 is 0 Å². The molecule has 1 aromatic carbocycles. The predicted octanol–water partition coefficient (Wildman–Crippen LogP) is 2.79. The number of hydrogen-bond acceptors (Lipinski definition) is 2. The summed E-state index contributed by atoms with van der Waals surface area (Å²) in [6.45, 7) is 1.85. The first-order valence-electron chi connectivity index (χ1n) is 8.20. The molecule has 23 heavy (non-hydrogen) atoms. The van der Waals surface area contributed by atoms with Gasteiger partial charge in [0.05, 0.1) is 5.56 Å². The number of H-pyrrole nitrogens is 1. The minimum atomic E-state index is -0.270. The molecule has 2 aromatic rings. The summed E-state index contributed by atoms with van der Waals surface area (Å²) in [5.41, 5.74) is 2.37. The number of carbonyl (C=O) groups excluding carboxylic acids is 1. The number of rotatable bonds is 2. The van der Waals surface area contributed by atoms with E-state index in [-0.39, 0.29) is 17.8 Å². The number of hydrogen-bond donors (Lipinski definition) is 2. The number of halogens is 1. The molecule has 0 aliphatic carbocycles. The molecular formula is C18H20FN3O. The van der Waals surface area contributed by atoms with Crippen LogP contribution < -0.4 is 5.32 Å². The monoisotopic (exact) mass is 313 g/mol. The van der Waals surface area contributed by atoms with E-state index < -0.39 is 0 Å². The average molecular weight is 313 g/mol. The molecular weight excluding hydrogens is 293 g/mol. The highest BCUT2D eigenvalue weighted by atomic mass is 19.1. The number of benzene rings is 1. The lowest BCUT2D eigenvalue weighted by Crippen LogP contribution is -2.42. The lowest BCUT2D eigenvalue weighted by molar-refractivity contribution is 0.0681. The molecule has 3 heterocycles. The van der Waals surface area contributed by atoms with Crippen LogP contribution in [0.25, 0.3) is 11.1 Å². The first kappa shape index (κ1) is 14.5. The number of nitrogens with zero attached hydrogens (tertiary/aromatic N) is 1. The molecule has 2 saturated heterocycles. The zero-order valence-corrected chi connectivity index (χ0v) is 12.9. The molecule has 2 bridgehead atoms. The van der Waals surface area contributed by atoms with Crippen LogP contribution in [0.15, 0.2) is 36.7 Å². The van der Waals surface area contributed by atoms with E-state index >= 15 is 0 Å². The van der Waals surface area contributed by atoms with Crippen molar-refractivity contribution in [3.05, 3.63) is 48.0 Å². The molecule has 4 nitrogen and oxygen atoms in total. The number of amides is 1. The van der Waals surface area contributed by atoms with Gasteiger partial charge in [-0.1, -0.05) is 12.1 Å². The third-order valence-corrected chi connectivity index (χ3v) is 5.02. The summed E-state index contributed by atoms with van der Waals surface area (Å²) in [4.78, 5) is 18.2. The van der Waals surface area contributed by atoms with Crippen molar-refractivity contribution in [3.8, 4) is 11.1 Å². The highest BCUT2D eigenvalue weighted by Crippen LogP contribution is 2.32. The molecule has 2 aliphatic heterocycles. The van der Waals surface area contributed by atoms with E-state index in [0.29, 0.717) is 11.6 Å². The molecule has 0 spiro atoms. The SMILES string of the molecule is O=C(c1c[nH]cc1-c1ccc(F)cc1)N1C2CCNCC1CC2. The molecule has 0 saturated carbocycles. The Morgan fingerprint density at radius 3 is 2.70 bits per heavy atom. The fourth-order valence-electron chi connectivity index (χ4n) is 3.86. The molecule has 0 radical (unpaired) electrons. The summed E-state index contributed by atoms with van der Waals surface area (Å²) in [7, 11) is 0. The quantitative estimate of drug-likeness (QED) is 0.895. The Morgan fingerprint density at radius 2 is 1.87 bits per heavy atom. The van der Waals surface area contributed by atoms with E-state index in [1.165, 1.54) is 12.1 Å². The van der Waals surface area contributed by atoms with E-state index in [1.54, 1.807) is 18.3 Å². The van der Waals surface area contributed by atoms with Crippen LogP contribution in [0, 0.1) is 5.82 Å². The number of fused-ring (bicyclic) bond motifs is 2. The predicted molar refractivity (Wildman–Crippen MR) is 86.7 cm³/mol. The van der Waals surface area contributed by atoms with Gasteiger partial charge in [-0.25, -0.2) is 4.39 Å². The maximum Gasteiger partial charge on any atom is 0.256 e. The normalized spacial score (nSPS) is 23.8. The van der Waals surface area contributed by atoms with Crippen LogP contribution in [0.1, 0.15) is 29.6 Å². The van der Waals surface area contributed by atoms with Gasteiger partial charge in [0.25, 0.3) is 5.91 Å². The van der Waals surface area contributed by atoms with Gasteiger partial charge in [0.15, 0.2) is 0 Å². The minimum absolute atomic E-state index is 0.0850. The zero-order chi connectivity index (χ0) is 15.8. The maximum absolute atomic E-state index is 13.1. The summed E-state index contributed by atoms with van der Waals surface area (Å²) >= 11 is 0. The number of aromatic nitrogens is 1. The average Bonchev–Trinajstić information content (AvgIpc) is 3.11. The molecule has 2 atom stereocenters. The van der Waals surface area contributed by atoms with Crippen molar-refractivity contribution in [2.24, 2.45) is 0 Å². The van der Waals surface area contributed by atoms with E-state index in [0.717, 1.165) is 43.5 Å². The summed E-state index contributed by atoms with van der Waals surface area (Å²) in [5, 5.41) is 3.42. The van der Waals surface area contributed by atoms with Gasteiger partial charge in [0.1, 0.15) is 5.82 Å². The van der Waals surface area contributed by atoms with Crippen molar-refractivity contribution in [1.82, 2.24) is 15.2 Å². The Morgan fingerprint density at radius 1 is 1.09 bits per heavy atom. The van der Waals surface area contributed by atoms with Crippen molar-refractivity contribution in [3.63, 3.8) is 0 Å². The Balaban J connectivity index is 1.67. The lowest BCUT2D eigenvalue weighted by Gasteiger charge is -2.28. The van der Waals surface area contributed by atoms with E-state index in [1.807, 2.05) is 6.20 Å². The van der Waals surface area contributed by atoms with Crippen molar-refractivity contribution < 1.29 is 9.18 Å². The van der Waals surface area contributed by atoms with Crippen LogP contribution >= 0.6 is 0 Å². The van der Waals surface area contributed by atoms with Crippen LogP contribution in [-0.2, 0) is 0 Å². The Hall–Kier alpha value is -2.14. The van der Waals surface area contributed by atoms with Crippen molar-refractivity contribution in [2.75, 3.05) is 13.1 Å².